The van der Waals surface area contributed by atoms with Gasteiger partial charge >= 0.3 is 24.5 Å². The Bertz CT molecular complexity index is 1250. The zero-order valence-corrected chi connectivity index (χ0v) is 21.0. The fourth-order valence-corrected chi connectivity index (χ4v) is 4.49. The largest absolute Gasteiger partial charge is 0.420 e. The predicted octanol–water partition coefficient (Wildman–Crippen LogP) is 5.78. The molecule has 0 aromatic heterocycles. The molecule has 7 nitrogen and oxygen atoms in total. The molecule has 0 N–H and O–H groups in total. The van der Waals surface area contributed by atoms with Crippen LogP contribution in [0.1, 0.15) is 17.5 Å². The third-order valence-electron chi connectivity index (χ3n) is 6.67. The second-order valence-corrected chi connectivity index (χ2v) is 9.38. The number of rotatable bonds is 6. The maximum absolute atomic E-state index is 14.0. The second kappa shape index (κ2) is 11.1. The minimum absolute atomic E-state index is 0.0225. The van der Waals surface area contributed by atoms with Gasteiger partial charge in [0, 0.05) is 52.0 Å². The minimum Gasteiger partial charge on any atom is -0.407 e. The molecule has 4 rings (SSSR count). The van der Waals surface area contributed by atoms with Crippen LogP contribution >= 0.6 is 0 Å². The van der Waals surface area contributed by atoms with Crippen molar-refractivity contribution in [2.24, 2.45) is 0 Å². The summed E-state index contributed by atoms with van der Waals surface area (Å²) in [5, 5.41) is 0. The Morgan fingerprint density at radius 2 is 1.68 bits per heavy atom. The van der Waals surface area contributed by atoms with Crippen LogP contribution < -0.4 is 14.5 Å². The van der Waals surface area contributed by atoms with Gasteiger partial charge in [-0.3, -0.25) is 14.7 Å². The number of alkyl halides is 7. The molecule has 0 saturated carbocycles. The van der Waals surface area contributed by atoms with Gasteiger partial charge < -0.3 is 9.64 Å². The van der Waals surface area contributed by atoms with Crippen molar-refractivity contribution >= 4 is 23.5 Å². The van der Waals surface area contributed by atoms with E-state index in [-0.39, 0.29) is 44.5 Å². The lowest BCUT2D eigenvalue weighted by Gasteiger charge is -2.26. The van der Waals surface area contributed by atoms with Crippen LogP contribution in [0.15, 0.2) is 36.4 Å². The van der Waals surface area contributed by atoms with Crippen molar-refractivity contribution in [2.45, 2.75) is 24.9 Å². The number of hydrogen-bond donors (Lipinski definition) is 0. The van der Waals surface area contributed by atoms with Crippen LogP contribution in [-0.4, -0.2) is 74.4 Å². The number of halogens is 8. The summed E-state index contributed by atoms with van der Waals surface area (Å²) >= 11 is 0. The molecule has 2 heterocycles. The summed E-state index contributed by atoms with van der Waals surface area (Å²) in [6.07, 6.45) is -12.7. The highest BCUT2D eigenvalue weighted by molar-refractivity contribution is 5.97. The van der Waals surface area contributed by atoms with Crippen molar-refractivity contribution in [3.05, 3.63) is 53.3 Å². The monoisotopic (exact) mass is 580 g/mol. The molecule has 15 heteroatoms. The number of nitrogens with zero attached hydrogens (tertiary/aromatic N) is 4. The Morgan fingerprint density at radius 1 is 1.00 bits per heavy atom. The van der Waals surface area contributed by atoms with E-state index < -0.39 is 59.0 Å². The number of carbonyl (C=O) groups excluding carboxylic acids is 2. The quantitative estimate of drug-likeness (QED) is 0.407. The van der Waals surface area contributed by atoms with E-state index in [1.807, 2.05) is 0 Å². The normalized spacial score (nSPS) is 18.5. The maximum Gasteiger partial charge on any atom is 0.420 e. The summed E-state index contributed by atoms with van der Waals surface area (Å²) in [6.45, 7) is 0.622. The number of carbonyl (C=O) groups is 2. The smallest absolute Gasteiger partial charge is 0.407 e. The van der Waals surface area contributed by atoms with E-state index in [4.69, 9.17) is 4.74 Å². The van der Waals surface area contributed by atoms with E-state index in [9.17, 15) is 44.7 Å². The number of benzene rings is 2. The Hall–Kier alpha value is -3.62. The van der Waals surface area contributed by atoms with Gasteiger partial charge in [0.1, 0.15) is 17.6 Å². The standard InChI is InChI=1S/C25H24F8N4O3/c1-34(18-4-2-16(26)3-5-18)23(39)40-21-19(25(31,32)33)12-15(24(28,29)30)13-20(21)37-11-10-36(22(37)38)9-8-35-7-6-17(27)14-35/h2-5,12-13,17H,6-11,14H2,1H3. The molecule has 40 heavy (non-hydrogen) atoms. The molecule has 0 bridgehead atoms. The highest BCUT2D eigenvalue weighted by atomic mass is 19.4. The molecule has 218 valence electrons. The molecular formula is C25H24F8N4O3. The fraction of sp³-hybridized carbons (Fsp3) is 0.440. The molecule has 0 spiro atoms. The molecule has 2 fully saturated rings. The van der Waals surface area contributed by atoms with Crippen LogP contribution in [0.4, 0.5) is 56.1 Å². The zero-order valence-electron chi connectivity index (χ0n) is 21.0. The van der Waals surface area contributed by atoms with E-state index in [1.54, 1.807) is 4.90 Å². The van der Waals surface area contributed by atoms with Crippen molar-refractivity contribution in [1.82, 2.24) is 9.80 Å². The summed E-state index contributed by atoms with van der Waals surface area (Å²) in [6, 6.07) is 3.49. The molecule has 0 aliphatic carbocycles. The van der Waals surface area contributed by atoms with E-state index in [0.29, 0.717) is 23.9 Å². The van der Waals surface area contributed by atoms with Gasteiger partial charge in [0.05, 0.1) is 11.3 Å². The summed E-state index contributed by atoms with van der Waals surface area (Å²) in [7, 11) is 1.11. The Balaban J connectivity index is 1.69. The molecule has 1 unspecified atom stereocenters. The average molecular weight is 580 g/mol. The molecule has 1 atom stereocenters. The first-order chi connectivity index (χ1) is 18.6. The highest BCUT2D eigenvalue weighted by Gasteiger charge is 2.44. The van der Waals surface area contributed by atoms with Gasteiger partial charge in [-0.25, -0.2) is 18.4 Å². The molecule has 2 aromatic carbocycles. The van der Waals surface area contributed by atoms with Crippen molar-refractivity contribution in [3.63, 3.8) is 0 Å². The van der Waals surface area contributed by atoms with Gasteiger partial charge in [0.25, 0.3) is 0 Å². The van der Waals surface area contributed by atoms with Crippen molar-refractivity contribution in [1.29, 1.82) is 0 Å². The Kier molecular flexibility index (Phi) is 8.15. The van der Waals surface area contributed by atoms with Gasteiger partial charge in [-0.1, -0.05) is 0 Å². The van der Waals surface area contributed by atoms with Crippen molar-refractivity contribution in [3.8, 4) is 5.75 Å². The molecule has 2 aliphatic heterocycles. The van der Waals surface area contributed by atoms with Crippen molar-refractivity contribution < 1.29 is 49.4 Å². The van der Waals surface area contributed by atoms with Gasteiger partial charge in [-0.15, -0.1) is 0 Å². The third-order valence-corrected chi connectivity index (χ3v) is 6.67. The molecule has 0 radical (unpaired) electrons. The minimum atomic E-state index is -5.40. The SMILES string of the molecule is CN(C(=O)Oc1c(N2CCN(CCN3CCC(F)C3)C2=O)cc(C(F)(F)F)cc1C(F)(F)F)c1ccc(F)cc1. The number of amides is 3. The lowest BCUT2D eigenvalue weighted by Crippen LogP contribution is -2.38. The Labute approximate surface area is 223 Å². The van der Waals surface area contributed by atoms with Gasteiger partial charge in [-0.05, 0) is 42.8 Å². The lowest BCUT2D eigenvalue weighted by atomic mass is 10.1. The van der Waals surface area contributed by atoms with E-state index in [1.165, 1.54) is 4.90 Å². The van der Waals surface area contributed by atoms with Gasteiger partial charge in [0.15, 0.2) is 5.75 Å². The van der Waals surface area contributed by atoms with Gasteiger partial charge in [-0.2, -0.15) is 26.3 Å². The van der Waals surface area contributed by atoms with E-state index in [0.717, 1.165) is 36.2 Å². The molecule has 3 amide bonds. The summed E-state index contributed by atoms with van der Waals surface area (Å²) in [4.78, 5) is 30.3. The van der Waals surface area contributed by atoms with Crippen LogP contribution in [0.5, 0.6) is 5.75 Å². The number of ether oxygens (including phenoxy) is 1. The summed E-state index contributed by atoms with van der Waals surface area (Å²) in [5.74, 6) is -1.93. The van der Waals surface area contributed by atoms with Crippen LogP contribution in [-0.2, 0) is 12.4 Å². The van der Waals surface area contributed by atoms with E-state index >= 15 is 0 Å². The van der Waals surface area contributed by atoms with Crippen LogP contribution in [0.3, 0.4) is 0 Å². The highest BCUT2D eigenvalue weighted by Crippen LogP contribution is 2.47. The summed E-state index contributed by atoms with van der Waals surface area (Å²) in [5.41, 5.74) is -4.47. The Morgan fingerprint density at radius 3 is 2.25 bits per heavy atom. The molecule has 2 saturated heterocycles. The molecular weight excluding hydrogens is 556 g/mol. The first kappa shape index (κ1) is 29.4. The molecule has 2 aromatic rings. The van der Waals surface area contributed by atoms with Crippen LogP contribution in [0.25, 0.3) is 0 Å². The van der Waals surface area contributed by atoms with E-state index in [2.05, 4.69) is 0 Å². The first-order valence-electron chi connectivity index (χ1n) is 12.1. The zero-order chi connectivity index (χ0) is 29.4. The number of likely N-dealkylation sites (tertiary alicyclic amines) is 1. The first-order valence-corrected chi connectivity index (χ1v) is 12.1. The number of hydrogen-bond acceptors (Lipinski definition) is 4. The van der Waals surface area contributed by atoms with Crippen molar-refractivity contribution in [2.75, 3.05) is 56.1 Å². The second-order valence-electron chi connectivity index (χ2n) is 9.38. The molecule has 2 aliphatic rings. The number of urea groups is 1. The van der Waals surface area contributed by atoms with Gasteiger partial charge in [0.2, 0.25) is 0 Å². The fourth-order valence-electron chi connectivity index (χ4n) is 4.49. The van der Waals surface area contributed by atoms with Crippen LogP contribution in [0.2, 0.25) is 0 Å². The summed E-state index contributed by atoms with van der Waals surface area (Å²) < 4.78 is 115. The average Bonchev–Trinajstić information content (AvgIpc) is 3.46. The van der Waals surface area contributed by atoms with Crippen LogP contribution in [0, 0.1) is 5.82 Å². The lowest BCUT2D eigenvalue weighted by molar-refractivity contribution is -0.143. The topological polar surface area (TPSA) is 56.3 Å². The predicted molar refractivity (Wildman–Crippen MR) is 128 cm³/mol. The maximum atomic E-state index is 14.0. The number of anilines is 2. The third kappa shape index (κ3) is 6.40.